The summed E-state index contributed by atoms with van der Waals surface area (Å²) in [4.78, 5) is 24.6. The van der Waals surface area contributed by atoms with Crippen LogP contribution in [-0.4, -0.2) is 47.4 Å². The van der Waals surface area contributed by atoms with E-state index in [1.54, 1.807) is 6.08 Å². The third kappa shape index (κ3) is 64.7. The molecule has 80 heavy (non-hydrogen) atoms. The molecule has 0 aliphatic heterocycles. The third-order valence-corrected chi connectivity index (χ3v) is 16.3. The second-order valence-corrected chi connectivity index (χ2v) is 24.2. The van der Waals surface area contributed by atoms with Gasteiger partial charge in [0.15, 0.2) is 0 Å². The first kappa shape index (κ1) is 77.6. The number of carbonyl (C=O) groups is 2. The Morgan fingerprint density at radius 2 is 0.637 bits per heavy atom. The van der Waals surface area contributed by atoms with E-state index >= 15 is 0 Å². The zero-order chi connectivity index (χ0) is 57.8. The van der Waals surface area contributed by atoms with Gasteiger partial charge in [0.25, 0.3) is 0 Å². The van der Waals surface area contributed by atoms with E-state index in [1.807, 2.05) is 6.08 Å². The van der Waals surface area contributed by atoms with Crippen molar-refractivity contribution in [3.8, 4) is 0 Å². The van der Waals surface area contributed by atoms with Gasteiger partial charge >= 0.3 is 5.97 Å². The number of unbranched alkanes of at least 4 members (excludes halogenated alkanes) is 47. The normalized spacial score (nSPS) is 12.9. The van der Waals surface area contributed by atoms with Gasteiger partial charge in [0.2, 0.25) is 5.91 Å². The number of aliphatic hydroxyl groups is 2. The van der Waals surface area contributed by atoms with Crippen molar-refractivity contribution in [3.05, 3.63) is 60.8 Å². The van der Waals surface area contributed by atoms with Gasteiger partial charge in [-0.2, -0.15) is 0 Å². The Kier molecular flexibility index (Phi) is 66.9. The highest BCUT2D eigenvalue weighted by molar-refractivity contribution is 5.76. The first-order valence-corrected chi connectivity index (χ1v) is 35.6. The van der Waals surface area contributed by atoms with Crippen molar-refractivity contribution in [3.63, 3.8) is 0 Å². The van der Waals surface area contributed by atoms with Crippen LogP contribution in [0.2, 0.25) is 0 Å². The number of hydrogen-bond acceptors (Lipinski definition) is 5. The Morgan fingerprint density at radius 3 is 0.988 bits per heavy atom. The molecule has 3 N–H and O–H groups in total. The van der Waals surface area contributed by atoms with Crippen molar-refractivity contribution < 1.29 is 24.5 Å². The number of amides is 1. The van der Waals surface area contributed by atoms with Gasteiger partial charge in [-0.15, -0.1) is 0 Å². The van der Waals surface area contributed by atoms with E-state index in [0.717, 1.165) is 57.8 Å². The predicted octanol–water partition coefficient (Wildman–Crippen LogP) is 23.0. The zero-order valence-corrected chi connectivity index (χ0v) is 53.6. The van der Waals surface area contributed by atoms with Gasteiger partial charge in [-0.25, -0.2) is 0 Å². The molecule has 2 atom stereocenters. The summed E-state index contributed by atoms with van der Waals surface area (Å²) in [5, 5.41) is 23.2. The standard InChI is InChI=1S/C74H137NO5/c1-3-5-7-9-11-13-15-17-19-20-36-39-42-46-50-54-58-62-66-72(77)71(70-76)75-73(78)67-63-59-55-51-47-43-40-37-34-32-30-28-26-24-22-21-23-25-27-29-31-33-35-38-41-45-49-53-57-61-65-69-80-74(79)68-64-60-56-52-48-44-18-16-14-12-10-8-6-4-2/h10,12,16,18,23,25,29,31,62,66,71-72,76-77H,3-9,11,13-15,17,19-22,24,26-28,30,32-61,63-65,67-70H2,1-2H3,(H,75,78)/b12-10-,18-16-,25-23-,31-29-,66-62+. The van der Waals surface area contributed by atoms with Gasteiger partial charge < -0.3 is 20.3 Å². The first-order valence-electron chi connectivity index (χ1n) is 35.6. The van der Waals surface area contributed by atoms with Gasteiger partial charge in [0.05, 0.1) is 25.4 Å². The number of carbonyl (C=O) groups excluding carboxylic acids is 2. The molecule has 0 aromatic rings. The van der Waals surface area contributed by atoms with Gasteiger partial charge in [-0.1, -0.05) is 331 Å². The molecule has 0 fully saturated rings. The SMILES string of the molecule is CCCC/C=C\C/C=C\CCCCCCCC(=O)OCCCCCCCCCCC/C=C\C/C=C\CCCCCCCCCCCCCCCCCC(=O)NC(CO)C(O)/C=C/CCCCCCCCCCCCCCCCCC. The molecule has 0 spiro atoms. The molecule has 6 heteroatoms. The molecule has 0 radical (unpaired) electrons. The predicted molar refractivity (Wildman–Crippen MR) is 352 cm³/mol. The Morgan fingerprint density at radius 1 is 0.350 bits per heavy atom. The smallest absolute Gasteiger partial charge is 0.305 e. The summed E-state index contributed by atoms with van der Waals surface area (Å²) in [5.41, 5.74) is 0. The van der Waals surface area contributed by atoms with Gasteiger partial charge in [0.1, 0.15) is 0 Å². The van der Waals surface area contributed by atoms with E-state index in [4.69, 9.17) is 4.74 Å². The summed E-state index contributed by atoms with van der Waals surface area (Å²) in [6, 6.07) is -0.629. The van der Waals surface area contributed by atoms with Gasteiger partial charge in [0, 0.05) is 12.8 Å². The van der Waals surface area contributed by atoms with Crippen molar-refractivity contribution in [2.75, 3.05) is 13.2 Å². The largest absolute Gasteiger partial charge is 0.466 e. The number of esters is 1. The lowest BCUT2D eigenvalue weighted by atomic mass is 10.0. The van der Waals surface area contributed by atoms with Gasteiger partial charge in [-0.05, 0) is 89.9 Å². The molecule has 0 aromatic carbocycles. The fraction of sp³-hybridized carbons (Fsp3) is 0.838. The maximum absolute atomic E-state index is 12.5. The zero-order valence-electron chi connectivity index (χ0n) is 53.6. The van der Waals surface area contributed by atoms with Crippen molar-refractivity contribution >= 4 is 11.9 Å². The fourth-order valence-corrected chi connectivity index (χ4v) is 10.8. The average molecular weight is 1120 g/mol. The number of ether oxygens (including phenoxy) is 1. The maximum Gasteiger partial charge on any atom is 0.305 e. The average Bonchev–Trinajstić information content (AvgIpc) is 3.46. The molecule has 6 nitrogen and oxygen atoms in total. The highest BCUT2D eigenvalue weighted by Crippen LogP contribution is 2.18. The molecule has 0 bridgehead atoms. The lowest BCUT2D eigenvalue weighted by Gasteiger charge is -2.20. The van der Waals surface area contributed by atoms with Crippen LogP contribution in [0.5, 0.6) is 0 Å². The molecule has 0 aliphatic rings. The van der Waals surface area contributed by atoms with Gasteiger partial charge in [-0.3, -0.25) is 9.59 Å². The van der Waals surface area contributed by atoms with E-state index < -0.39 is 12.1 Å². The Balaban J connectivity index is 3.42. The molecule has 0 heterocycles. The lowest BCUT2D eigenvalue weighted by molar-refractivity contribution is -0.143. The highest BCUT2D eigenvalue weighted by Gasteiger charge is 2.18. The summed E-state index contributed by atoms with van der Waals surface area (Å²) in [6.45, 7) is 4.88. The minimum absolute atomic E-state index is 0.00198. The van der Waals surface area contributed by atoms with Crippen molar-refractivity contribution in [1.82, 2.24) is 5.32 Å². The lowest BCUT2D eigenvalue weighted by Crippen LogP contribution is -2.45. The number of rotatable bonds is 66. The monoisotopic (exact) mass is 1120 g/mol. The van der Waals surface area contributed by atoms with Crippen LogP contribution in [0.1, 0.15) is 373 Å². The van der Waals surface area contributed by atoms with Crippen LogP contribution < -0.4 is 5.32 Å². The van der Waals surface area contributed by atoms with Crippen molar-refractivity contribution in [2.24, 2.45) is 0 Å². The molecule has 468 valence electrons. The van der Waals surface area contributed by atoms with E-state index in [9.17, 15) is 19.8 Å². The molecule has 0 aromatic heterocycles. The summed E-state index contributed by atoms with van der Waals surface area (Å²) < 4.78 is 5.48. The van der Waals surface area contributed by atoms with Crippen LogP contribution in [0.25, 0.3) is 0 Å². The topological polar surface area (TPSA) is 95.9 Å². The quantitative estimate of drug-likeness (QED) is 0.0320. The van der Waals surface area contributed by atoms with E-state index in [1.165, 1.54) is 289 Å². The highest BCUT2D eigenvalue weighted by atomic mass is 16.5. The summed E-state index contributed by atoms with van der Waals surface area (Å²) in [6.07, 6.45) is 91.6. The second kappa shape index (κ2) is 69.1. The summed E-state index contributed by atoms with van der Waals surface area (Å²) in [7, 11) is 0. The molecule has 2 unspecified atom stereocenters. The third-order valence-electron chi connectivity index (χ3n) is 16.3. The molecule has 1 amide bonds. The van der Waals surface area contributed by atoms with Crippen LogP contribution in [0, 0.1) is 0 Å². The molecule has 0 saturated heterocycles. The molecular formula is C74H137NO5. The minimum Gasteiger partial charge on any atom is -0.466 e. The molecule has 0 rings (SSSR count). The van der Waals surface area contributed by atoms with Crippen LogP contribution in [-0.2, 0) is 14.3 Å². The molecular weight excluding hydrogens is 983 g/mol. The van der Waals surface area contributed by atoms with Crippen LogP contribution in [0.3, 0.4) is 0 Å². The van der Waals surface area contributed by atoms with E-state index in [2.05, 4.69) is 67.8 Å². The minimum atomic E-state index is -0.846. The fourth-order valence-electron chi connectivity index (χ4n) is 10.8. The number of nitrogens with one attached hydrogen (secondary N) is 1. The van der Waals surface area contributed by atoms with E-state index in [-0.39, 0.29) is 18.5 Å². The maximum atomic E-state index is 12.5. The molecule has 0 saturated carbocycles. The summed E-state index contributed by atoms with van der Waals surface area (Å²) >= 11 is 0. The second-order valence-electron chi connectivity index (χ2n) is 24.2. The number of aliphatic hydroxyl groups excluding tert-OH is 2. The van der Waals surface area contributed by atoms with E-state index in [0.29, 0.717) is 19.4 Å². The number of hydrogen-bond donors (Lipinski definition) is 3. The first-order chi connectivity index (χ1) is 39.5. The van der Waals surface area contributed by atoms with Crippen molar-refractivity contribution in [1.29, 1.82) is 0 Å². The summed E-state index contributed by atoms with van der Waals surface area (Å²) in [5.74, 6) is -0.0671. The van der Waals surface area contributed by atoms with Crippen LogP contribution in [0.15, 0.2) is 60.8 Å². The van der Waals surface area contributed by atoms with Crippen LogP contribution >= 0.6 is 0 Å². The Labute approximate surface area is 499 Å². The van der Waals surface area contributed by atoms with Crippen LogP contribution in [0.4, 0.5) is 0 Å². The number of allylic oxidation sites excluding steroid dienone is 9. The Hall–Kier alpha value is -2.44. The Bertz CT molecular complexity index is 1380. The molecule has 0 aliphatic carbocycles. The van der Waals surface area contributed by atoms with Crippen molar-refractivity contribution in [2.45, 2.75) is 386 Å².